The van der Waals surface area contributed by atoms with Gasteiger partial charge in [0, 0.05) is 35.2 Å². The number of carbonyl (C=O) groups excluding carboxylic acids is 3. The Labute approximate surface area is 202 Å². The molecule has 12 heteroatoms. The van der Waals surface area contributed by atoms with Crippen molar-refractivity contribution in [1.82, 2.24) is 25.8 Å². The van der Waals surface area contributed by atoms with Gasteiger partial charge in [0.15, 0.2) is 0 Å². The minimum absolute atomic E-state index is 0.00657. The molecule has 3 saturated heterocycles. The lowest BCUT2D eigenvalue weighted by atomic mass is 9.78. The number of amides is 3. The standard InChI is InChI=1S/C22H32FN5O5S/c1-10-17-16(11(2)26-15(29)8-24-3)21(31)28(17)18(22(32)33)19(10)34-13-6-14(25-7-13)20(30)27-5-4-12(23)9-27/h10-14,16-17,24-25H,4-9H2,1-3H3,(H,26,29)(H,32,33)/t10-,11-,12+,13+,14+,16-,17-/m1/s1. The molecule has 4 rings (SSSR count). The third kappa shape index (κ3) is 4.42. The number of halogens is 1. The summed E-state index contributed by atoms with van der Waals surface area (Å²) < 4.78 is 13.5. The molecule has 0 spiro atoms. The Kier molecular flexibility index (Phi) is 7.20. The maximum atomic E-state index is 13.5. The van der Waals surface area contributed by atoms with E-state index >= 15 is 0 Å². The number of carboxylic acids is 1. The van der Waals surface area contributed by atoms with Crippen LogP contribution in [-0.4, -0.2) is 101 Å². The van der Waals surface area contributed by atoms with Gasteiger partial charge in [-0.1, -0.05) is 6.92 Å². The van der Waals surface area contributed by atoms with Crippen molar-refractivity contribution in [3.8, 4) is 0 Å². The van der Waals surface area contributed by atoms with Gasteiger partial charge in [-0.05, 0) is 26.8 Å². The van der Waals surface area contributed by atoms with Crippen LogP contribution in [0.4, 0.5) is 4.39 Å². The Bertz CT molecular complexity index is 916. The highest BCUT2D eigenvalue weighted by Crippen LogP contribution is 2.51. The molecule has 0 bridgehead atoms. The summed E-state index contributed by atoms with van der Waals surface area (Å²) in [5.74, 6) is -2.49. The maximum Gasteiger partial charge on any atom is 0.353 e. The number of thioether (sulfide) groups is 1. The van der Waals surface area contributed by atoms with Gasteiger partial charge in [0.05, 0.1) is 31.1 Å². The number of rotatable bonds is 8. The summed E-state index contributed by atoms with van der Waals surface area (Å²) in [7, 11) is 1.66. The van der Waals surface area contributed by atoms with Gasteiger partial charge in [-0.25, -0.2) is 9.18 Å². The lowest BCUT2D eigenvalue weighted by Crippen LogP contribution is -2.66. The second-order valence-corrected chi connectivity index (χ2v) is 10.9. The van der Waals surface area contributed by atoms with Gasteiger partial charge in [0.25, 0.3) is 0 Å². The van der Waals surface area contributed by atoms with E-state index in [1.165, 1.54) is 16.7 Å². The van der Waals surface area contributed by atoms with Gasteiger partial charge >= 0.3 is 5.97 Å². The predicted octanol–water partition coefficient (Wildman–Crippen LogP) is -0.482. The number of β-lactam (4-membered cyclic amide) rings is 1. The summed E-state index contributed by atoms with van der Waals surface area (Å²) in [6.07, 6.45) is -0.0967. The van der Waals surface area contributed by atoms with Crippen LogP contribution in [0.25, 0.3) is 0 Å². The molecule has 34 heavy (non-hydrogen) atoms. The Morgan fingerprint density at radius 2 is 2.09 bits per heavy atom. The topological polar surface area (TPSA) is 131 Å². The van der Waals surface area contributed by atoms with Crippen LogP contribution in [0.1, 0.15) is 26.7 Å². The Hall–Kier alpha value is -2.18. The van der Waals surface area contributed by atoms with Crippen molar-refractivity contribution in [3.63, 3.8) is 0 Å². The normalized spacial score (nSPS) is 33.7. The fourth-order valence-electron chi connectivity index (χ4n) is 5.55. The van der Waals surface area contributed by atoms with Crippen molar-refractivity contribution < 1.29 is 28.7 Å². The van der Waals surface area contributed by atoms with E-state index in [1.807, 2.05) is 6.92 Å². The second kappa shape index (κ2) is 9.82. The van der Waals surface area contributed by atoms with Gasteiger partial charge in [0.2, 0.25) is 17.7 Å². The van der Waals surface area contributed by atoms with Crippen molar-refractivity contribution >= 4 is 35.5 Å². The largest absolute Gasteiger partial charge is 0.477 e. The molecule has 188 valence electrons. The number of likely N-dealkylation sites (N-methyl/N-ethyl adjacent to an activating group) is 1. The molecule has 10 nitrogen and oxygen atoms in total. The van der Waals surface area contributed by atoms with E-state index in [4.69, 9.17) is 0 Å². The molecular weight excluding hydrogens is 465 g/mol. The second-order valence-electron chi connectivity index (χ2n) is 9.52. The van der Waals surface area contributed by atoms with Crippen LogP contribution in [-0.2, 0) is 19.2 Å². The first-order chi connectivity index (χ1) is 16.1. The van der Waals surface area contributed by atoms with Crippen LogP contribution < -0.4 is 16.0 Å². The zero-order valence-electron chi connectivity index (χ0n) is 19.5. The quantitative estimate of drug-likeness (QED) is 0.331. The lowest BCUT2D eigenvalue weighted by Gasteiger charge is -2.47. The summed E-state index contributed by atoms with van der Waals surface area (Å²) in [5.41, 5.74) is 0.00657. The molecule has 4 heterocycles. The number of nitrogens with zero attached hydrogens (tertiary/aromatic N) is 2. The Balaban J connectivity index is 1.43. The van der Waals surface area contributed by atoms with Crippen molar-refractivity contribution in [1.29, 1.82) is 0 Å². The average molecular weight is 498 g/mol. The molecule has 0 aromatic heterocycles. The summed E-state index contributed by atoms with van der Waals surface area (Å²) in [5, 5.41) is 18.7. The van der Waals surface area contributed by atoms with E-state index < -0.39 is 30.1 Å². The van der Waals surface area contributed by atoms with E-state index in [0.717, 1.165) is 0 Å². The van der Waals surface area contributed by atoms with Crippen LogP contribution in [0.5, 0.6) is 0 Å². The monoisotopic (exact) mass is 497 g/mol. The molecule has 3 fully saturated rings. The molecule has 3 amide bonds. The lowest BCUT2D eigenvalue weighted by molar-refractivity contribution is -0.158. The smallest absolute Gasteiger partial charge is 0.353 e. The molecule has 0 aliphatic carbocycles. The van der Waals surface area contributed by atoms with E-state index in [0.29, 0.717) is 30.8 Å². The van der Waals surface area contributed by atoms with Gasteiger partial charge in [-0.15, -0.1) is 11.8 Å². The molecule has 4 aliphatic heterocycles. The van der Waals surface area contributed by atoms with Crippen LogP contribution in [0.3, 0.4) is 0 Å². The fourth-order valence-corrected chi connectivity index (χ4v) is 7.03. The van der Waals surface area contributed by atoms with E-state index in [1.54, 1.807) is 18.9 Å². The summed E-state index contributed by atoms with van der Waals surface area (Å²) in [4.78, 5) is 53.3. The third-order valence-electron chi connectivity index (χ3n) is 7.18. The highest BCUT2D eigenvalue weighted by atomic mass is 32.2. The highest BCUT2D eigenvalue weighted by Gasteiger charge is 2.60. The molecule has 0 unspecified atom stereocenters. The first-order valence-electron chi connectivity index (χ1n) is 11.7. The number of hydrogen-bond acceptors (Lipinski definition) is 7. The summed E-state index contributed by atoms with van der Waals surface area (Å²) >= 11 is 1.41. The van der Waals surface area contributed by atoms with E-state index in [2.05, 4.69) is 16.0 Å². The number of aliphatic carboxylic acids is 1. The van der Waals surface area contributed by atoms with Crippen molar-refractivity contribution in [2.75, 3.05) is 33.2 Å². The predicted molar refractivity (Wildman–Crippen MR) is 123 cm³/mol. The SMILES string of the molecule is CNCC(=O)N[C@H](C)[C@H]1C(=O)N2C(C(=O)O)=C(S[C@@H]3CN[C@H](C(=O)N4CC[C@H](F)C4)C3)[C@H](C)[C@H]12. The molecule has 0 aromatic carbocycles. The number of alkyl halides is 1. The molecule has 4 aliphatic rings. The first-order valence-corrected chi connectivity index (χ1v) is 12.6. The highest BCUT2D eigenvalue weighted by molar-refractivity contribution is 8.03. The zero-order chi connectivity index (χ0) is 24.7. The van der Waals surface area contributed by atoms with E-state index in [-0.39, 0.29) is 53.7 Å². The molecule has 0 aromatic rings. The van der Waals surface area contributed by atoms with Crippen molar-refractivity contribution in [2.45, 2.75) is 56.2 Å². The van der Waals surface area contributed by atoms with Crippen LogP contribution in [0.2, 0.25) is 0 Å². The number of fused-ring (bicyclic) bond motifs is 1. The van der Waals surface area contributed by atoms with Gasteiger partial charge < -0.3 is 30.9 Å². The summed E-state index contributed by atoms with van der Waals surface area (Å²) in [6.45, 7) is 4.88. The average Bonchev–Trinajstić information content (AvgIpc) is 3.46. The first kappa shape index (κ1) is 24.9. The van der Waals surface area contributed by atoms with Crippen molar-refractivity contribution in [2.24, 2.45) is 11.8 Å². The molecule has 4 N–H and O–H groups in total. The van der Waals surface area contributed by atoms with Crippen LogP contribution in [0, 0.1) is 11.8 Å². The fraction of sp³-hybridized carbons (Fsp3) is 0.727. The minimum atomic E-state index is -1.15. The number of likely N-dealkylation sites (tertiary alicyclic amines) is 1. The molecule has 7 atom stereocenters. The Morgan fingerprint density at radius 3 is 2.71 bits per heavy atom. The minimum Gasteiger partial charge on any atom is -0.477 e. The zero-order valence-corrected chi connectivity index (χ0v) is 20.4. The third-order valence-corrected chi connectivity index (χ3v) is 8.69. The van der Waals surface area contributed by atoms with Gasteiger partial charge in [0.1, 0.15) is 11.9 Å². The van der Waals surface area contributed by atoms with Crippen molar-refractivity contribution in [3.05, 3.63) is 10.6 Å². The van der Waals surface area contributed by atoms with Crippen LogP contribution >= 0.6 is 11.8 Å². The van der Waals surface area contributed by atoms with Crippen LogP contribution in [0.15, 0.2) is 10.6 Å². The number of nitrogens with one attached hydrogen (secondary N) is 3. The van der Waals surface area contributed by atoms with E-state index in [9.17, 15) is 28.7 Å². The molecular formula is C22H32FN5O5S. The summed E-state index contributed by atoms with van der Waals surface area (Å²) in [6, 6.07) is -1.17. The maximum absolute atomic E-state index is 13.5. The van der Waals surface area contributed by atoms with Gasteiger partial charge in [-0.2, -0.15) is 0 Å². The molecule has 0 radical (unpaired) electrons. The van der Waals surface area contributed by atoms with Gasteiger partial charge in [-0.3, -0.25) is 14.4 Å². The number of hydrogen-bond donors (Lipinski definition) is 4. The Morgan fingerprint density at radius 1 is 1.35 bits per heavy atom. The molecule has 0 saturated carbocycles. The number of carboxylic acid groups (broad SMARTS) is 1. The number of carbonyl (C=O) groups is 4.